The van der Waals surface area contributed by atoms with Crippen LogP contribution in [0.25, 0.3) is 0 Å². The number of hydrogen-bond acceptors (Lipinski definition) is 5. The number of anilines is 1. The first-order chi connectivity index (χ1) is 10.5. The Labute approximate surface area is 126 Å². The van der Waals surface area contributed by atoms with Crippen LogP contribution in [0.5, 0.6) is 5.88 Å². The summed E-state index contributed by atoms with van der Waals surface area (Å²) >= 11 is 0. The normalized spacial score (nSPS) is 10.5. The van der Waals surface area contributed by atoms with Crippen LogP contribution in [0.2, 0.25) is 0 Å². The van der Waals surface area contributed by atoms with Gasteiger partial charge in [-0.2, -0.15) is 9.49 Å². The first-order valence-electron chi connectivity index (χ1n) is 6.75. The highest BCUT2D eigenvalue weighted by molar-refractivity contribution is 5.62. The molecule has 0 spiro atoms. The van der Waals surface area contributed by atoms with Gasteiger partial charge in [0.15, 0.2) is 0 Å². The molecule has 118 valence electrons. The van der Waals surface area contributed by atoms with E-state index in [0.29, 0.717) is 12.3 Å². The van der Waals surface area contributed by atoms with Crippen LogP contribution in [0.4, 0.5) is 15.8 Å². The van der Waals surface area contributed by atoms with Crippen LogP contribution < -0.4 is 10.1 Å². The quantitative estimate of drug-likeness (QED) is 0.655. The Bertz CT molecular complexity index is 700. The van der Waals surface area contributed by atoms with E-state index in [1.807, 2.05) is 6.92 Å². The van der Waals surface area contributed by atoms with Gasteiger partial charge in [-0.05, 0) is 18.6 Å². The average Bonchev–Trinajstić information content (AvgIpc) is 2.79. The van der Waals surface area contributed by atoms with Crippen molar-refractivity contribution in [3.05, 3.63) is 45.4 Å². The molecule has 0 amide bonds. The molecule has 0 atom stereocenters. The van der Waals surface area contributed by atoms with Gasteiger partial charge >= 0.3 is 5.69 Å². The van der Waals surface area contributed by atoms with Gasteiger partial charge in [0.25, 0.3) is 0 Å². The predicted molar refractivity (Wildman–Crippen MR) is 79.5 cm³/mol. The fourth-order valence-electron chi connectivity index (χ4n) is 2.35. The molecule has 0 aliphatic carbocycles. The van der Waals surface area contributed by atoms with Crippen LogP contribution in [0.1, 0.15) is 18.2 Å². The fraction of sp³-hybridized carbons (Fsp3) is 0.357. The smallest absolute Gasteiger partial charge is 0.327 e. The molecule has 1 aromatic carbocycles. The second-order valence-corrected chi connectivity index (χ2v) is 4.66. The van der Waals surface area contributed by atoms with Gasteiger partial charge in [0.1, 0.15) is 5.69 Å². The number of para-hydroxylation sites is 1. The largest absolute Gasteiger partial charge is 0.481 e. The summed E-state index contributed by atoms with van der Waals surface area (Å²) in [7, 11) is 3.29. The van der Waals surface area contributed by atoms with Crippen molar-refractivity contribution in [2.45, 2.75) is 19.9 Å². The van der Waals surface area contributed by atoms with E-state index in [9.17, 15) is 14.5 Å². The molecule has 0 unspecified atom stereocenters. The average molecular weight is 308 g/mol. The molecular formula is C14H17FN4O3. The van der Waals surface area contributed by atoms with Gasteiger partial charge in [0.05, 0.1) is 23.3 Å². The van der Waals surface area contributed by atoms with Gasteiger partial charge in [-0.3, -0.25) is 10.1 Å². The van der Waals surface area contributed by atoms with Crippen LogP contribution in [-0.2, 0) is 20.0 Å². The Morgan fingerprint density at radius 1 is 1.50 bits per heavy atom. The second kappa shape index (κ2) is 6.42. The number of nitro benzene ring substituents is 1. The number of halogens is 1. The van der Waals surface area contributed by atoms with Crippen LogP contribution in [0.3, 0.4) is 0 Å². The number of benzene rings is 1. The monoisotopic (exact) mass is 308 g/mol. The first-order valence-corrected chi connectivity index (χ1v) is 6.75. The van der Waals surface area contributed by atoms with E-state index in [2.05, 4.69) is 10.4 Å². The third-order valence-corrected chi connectivity index (χ3v) is 3.32. The zero-order valence-electron chi connectivity index (χ0n) is 12.6. The number of aryl methyl sites for hydroxylation is 2. The fourth-order valence-corrected chi connectivity index (χ4v) is 2.35. The van der Waals surface area contributed by atoms with Crippen LogP contribution in [0.15, 0.2) is 18.2 Å². The minimum Gasteiger partial charge on any atom is -0.481 e. The lowest BCUT2D eigenvalue weighted by atomic mass is 10.2. The summed E-state index contributed by atoms with van der Waals surface area (Å²) in [4.78, 5) is 10.3. The minimum absolute atomic E-state index is 0.123. The van der Waals surface area contributed by atoms with Gasteiger partial charge < -0.3 is 10.1 Å². The Kier molecular flexibility index (Phi) is 4.59. The molecule has 0 aliphatic heterocycles. The molecule has 0 saturated heterocycles. The number of aromatic nitrogens is 2. The van der Waals surface area contributed by atoms with Crippen molar-refractivity contribution < 1.29 is 14.1 Å². The third kappa shape index (κ3) is 2.85. The lowest BCUT2D eigenvalue weighted by molar-refractivity contribution is -0.386. The van der Waals surface area contributed by atoms with Crippen molar-refractivity contribution in [1.82, 2.24) is 9.78 Å². The summed E-state index contributed by atoms with van der Waals surface area (Å²) in [6, 6.07) is 3.95. The van der Waals surface area contributed by atoms with Crippen LogP contribution in [-0.4, -0.2) is 21.8 Å². The number of hydrogen-bond donors (Lipinski definition) is 1. The summed E-state index contributed by atoms with van der Waals surface area (Å²) in [6.45, 7) is 2.21. The molecule has 2 aromatic rings. The standard InChI is InChI=1S/C14H17FN4O3/c1-4-11-9(14(22-3)18(2)17-11)8-16-12-7-5-6-10(15)13(12)19(20)21/h5-7,16H,4,8H2,1-3H3. The van der Waals surface area contributed by atoms with Gasteiger partial charge in [0, 0.05) is 13.6 Å². The predicted octanol–water partition coefficient (Wildman–Crippen LogP) is 2.65. The lowest BCUT2D eigenvalue weighted by Crippen LogP contribution is -2.06. The molecule has 0 aliphatic rings. The van der Waals surface area contributed by atoms with E-state index < -0.39 is 16.4 Å². The number of methoxy groups -OCH3 is 1. The van der Waals surface area contributed by atoms with Gasteiger partial charge in [0.2, 0.25) is 11.7 Å². The number of nitro groups is 1. The van der Waals surface area contributed by atoms with Crippen LogP contribution >= 0.6 is 0 Å². The maximum atomic E-state index is 13.6. The van der Waals surface area contributed by atoms with Gasteiger partial charge in [-0.25, -0.2) is 4.68 Å². The summed E-state index contributed by atoms with van der Waals surface area (Å²) in [5.74, 6) is -0.299. The van der Waals surface area contributed by atoms with Crippen molar-refractivity contribution in [3.8, 4) is 5.88 Å². The molecule has 0 bridgehead atoms. The van der Waals surface area contributed by atoms with Crippen LogP contribution in [0, 0.1) is 15.9 Å². The van der Waals surface area contributed by atoms with Gasteiger partial charge in [-0.1, -0.05) is 13.0 Å². The molecule has 1 N–H and O–H groups in total. The van der Waals surface area contributed by atoms with Crippen molar-refractivity contribution in [1.29, 1.82) is 0 Å². The highest BCUT2D eigenvalue weighted by Gasteiger charge is 2.21. The Hall–Kier alpha value is -2.64. The molecule has 1 heterocycles. The first kappa shape index (κ1) is 15.7. The molecule has 1 aromatic heterocycles. The number of ether oxygens (including phenoxy) is 1. The van der Waals surface area contributed by atoms with Crippen molar-refractivity contribution >= 4 is 11.4 Å². The SMILES string of the molecule is CCc1nn(C)c(OC)c1CNc1cccc(F)c1[N+](=O)[O-]. The molecule has 0 radical (unpaired) electrons. The maximum absolute atomic E-state index is 13.6. The topological polar surface area (TPSA) is 82.2 Å². The summed E-state index contributed by atoms with van der Waals surface area (Å²) in [5.41, 5.74) is 1.18. The number of nitrogens with one attached hydrogen (secondary N) is 1. The van der Waals surface area contributed by atoms with Crippen molar-refractivity contribution in [3.63, 3.8) is 0 Å². The molecular weight excluding hydrogens is 291 g/mol. The van der Waals surface area contributed by atoms with Gasteiger partial charge in [-0.15, -0.1) is 0 Å². The Morgan fingerprint density at radius 3 is 2.82 bits per heavy atom. The van der Waals surface area contributed by atoms with E-state index in [0.717, 1.165) is 17.3 Å². The molecule has 2 rings (SSSR count). The molecule has 0 saturated carbocycles. The summed E-state index contributed by atoms with van der Waals surface area (Å²) < 4.78 is 20.5. The highest BCUT2D eigenvalue weighted by atomic mass is 19.1. The van der Waals surface area contributed by atoms with E-state index in [-0.39, 0.29) is 12.2 Å². The third-order valence-electron chi connectivity index (χ3n) is 3.32. The van der Waals surface area contributed by atoms with Crippen molar-refractivity contribution in [2.24, 2.45) is 7.05 Å². The van der Waals surface area contributed by atoms with E-state index in [1.165, 1.54) is 19.2 Å². The number of rotatable bonds is 6. The Morgan fingerprint density at radius 2 is 2.23 bits per heavy atom. The number of nitrogens with zero attached hydrogens (tertiary/aromatic N) is 3. The zero-order chi connectivity index (χ0) is 16.3. The highest BCUT2D eigenvalue weighted by Crippen LogP contribution is 2.29. The van der Waals surface area contributed by atoms with E-state index >= 15 is 0 Å². The minimum atomic E-state index is -0.871. The summed E-state index contributed by atoms with van der Waals surface area (Å²) in [6.07, 6.45) is 0.694. The molecule has 22 heavy (non-hydrogen) atoms. The zero-order valence-corrected chi connectivity index (χ0v) is 12.6. The molecule has 7 nitrogen and oxygen atoms in total. The van der Waals surface area contributed by atoms with E-state index in [1.54, 1.807) is 11.7 Å². The Balaban J connectivity index is 2.32. The second-order valence-electron chi connectivity index (χ2n) is 4.66. The van der Waals surface area contributed by atoms with E-state index in [4.69, 9.17) is 4.74 Å². The molecule has 0 fully saturated rings. The lowest BCUT2D eigenvalue weighted by Gasteiger charge is -2.09. The maximum Gasteiger partial charge on any atom is 0.327 e. The molecule has 8 heteroatoms. The van der Waals surface area contributed by atoms with Crippen molar-refractivity contribution in [2.75, 3.05) is 12.4 Å². The summed E-state index contributed by atoms with van der Waals surface area (Å²) in [5, 5.41) is 18.2.